The first-order valence-electron chi connectivity index (χ1n) is 8.13. The zero-order valence-corrected chi connectivity index (χ0v) is 14.0. The molecule has 1 aromatic carbocycles. The molecular weight excluding hydrogens is 282 g/mol. The fourth-order valence-corrected chi connectivity index (χ4v) is 3.32. The lowest BCUT2D eigenvalue weighted by molar-refractivity contribution is 0.310. The highest BCUT2D eigenvalue weighted by Gasteiger charge is 2.21. The van der Waals surface area contributed by atoms with E-state index in [-0.39, 0.29) is 0 Å². The second-order valence-corrected chi connectivity index (χ2v) is 6.37. The summed E-state index contributed by atoms with van der Waals surface area (Å²) in [6.45, 7) is 8.84. The molecule has 120 valence electrons. The Kier molecular flexibility index (Phi) is 4.39. The minimum atomic E-state index is 0.811. The van der Waals surface area contributed by atoms with E-state index in [1.165, 1.54) is 27.7 Å². The fraction of sp³-hybridized carbons (Fsp3) is 0.300. The molecule has 2 N–H and O–H groups in total. The molecule has 0 atom stereocenters. The number of hydrogen-bond acceptors (Lipinski definition) is 2. The zero-order chi connectivity index (χ0) is 16.4. The van der Waals surface area contributed by atoms with Crippen molar-refractivity contribution in [3.8, 4) is 0 Å². The van der Waals surface area contributed by atoms with Gasteiger partial charge in [0, 0.05) is 48.3 Å². The Balaban J connectivity index is 2.09. The molecule has 0 unspecified atom stereocenters. The lowest BCUT2D eigenvalue weighted by Crippen LogP contribution is -2.27. The average Bonchev–Trinajstić information content (AvgIpc) is 2.84. The second kappa shape index (κ2) is 6.47. The summed E-state index contributed by atoms with van der Waals surface area (Å²) in [5.74, 6) is 0. The van der Waals surface area contributed by atoms with E-state index in [4.69, 9.17) is 5.73 Å². The van der Waals surface area contributed by atoms with Gasteiger partial charge in [-0.2, -0.15) is 0 Å². The Morgan fingerprint density at radius 2 is 2.09 bits per heavy atom. The van der Waals surface area contributed by atoms with Crippen molar-refractivity contribution in [1.82, 2.24) is 9.47 Å². The Bertz CT molecular complexity index is 789. The first kappa shape index (κ1) is 15.6. The Labute approximate surface area is 138 Å². The Morgan fingerprint density at radius 1 is 1.30 bits per heavy atom. The van der Waals surface area contributed by atoms with Gasteiger partial charge in [-0.15, -0.1) is 0 Å². The number of fused-ring (bicyclic) bond motifs is 3. The van der Waals surface area contributed by atoms with Crippen LogP contribution in [0.5, 0.6) is 0 Å². The van der Waals surface area contributed by atoms with Crippen LogP contribution in [0.15, 0.2) is 60.3 Å². The molecule has 0 fully saturated rings. The van der Waals surface area contributed by atoms with Gasteiger partial charge < -0.3 is 15.2 Å². The van der Waals surface area contributed by atoms with E-state index in [2.05, 4.69) is 53.4 Å². The van der Waals surface area contributed by atoms with E-state index in [0.717, 1.165) is 31.8 Å². The predicted molar refractivity (Wildman–Crippen MR) is 98.2 cm³/mol. The van der Waals surface area contributed by atoms with E-state index in [0.29, 0.717) is 0 Å². The van der Waals surface area contributed by atoms with Crippen LogP contribution < -0.4 is 5.73 Å². The summed E-state index contributed by atoms with van der Waals surface area (Å²) in [7, 11) is 2.19. The predicted octanol–water partition coefficient (Wildman–Crippen LogP) is 3.60. The van der Waals surface area contributed by atoms with Crippen LogP contribution in [0.4, 0.5) is 0 Å². The monoisotopic (exact) mass is 307 g/mol. The van der Waals surface area contributed by atoms with Crippen LogP contribution in [-0.4, -0.2) is 23.1 Å². The highest BCUT2D eigenvalue weighted by Crippen LogP contribution is 2.31. The first-order chi connectivity index (χ1) is 11.1. The highest BCUT2D eigenvalue weighted by atomic mass is 15.1. The molecule has 3 rings (SSSR count). The summed E-state index contributed by atoms with van der Waals surface area (Å²) in [6.07, 6.45) is 7.04. The van der Waals surface area contributed by atoms with Crippen LogP contribution in [-0.2, 0) is 19.5 Å². The lowest BCUT2D eigenvalue weighted by Gasteiger charge is -2.24. The fourth-order valence-electron chi connectivity index (χ4n) is 3.32. The molecule has 1 aromatic heterocycles. The van der Waals surface area contributed by atoms with Crippen LogP contribution in [0, 0.1) is 0 Å². The standard InChI is InChI=1S/C20H25N3/c1-4-16(10-9-15(2)21)13-23-19-8-6-5-7-17(19)18-14-22(3)12-11-20(18)23/h4-10H,1,11-14,21H2,2-3H3/b15-9-,16-10+. The molecule has 0 saturated carbocycles. The van der Waals surface area contributed by atoms with Crippen LogP contribution in [0.2, 0.25) is 0 Å². The number of likely N-dealkylation sites (N-methyl/N-ethyl adjacent to an activating group) is 1. The largest absolute Gasteiger partial charge is 0.402 e. The highest BCUT2D eigenvalue weighted by molar-refractivity contribution is 5.86. The van der Waals surface area contributed by atoms with Crippen LogP contribution >= 0.6 is 0 Å². The van der Waals surface area contributed by atoms with Gasteiger partial charge in [-0.1, -0.05) is 36.9 Å². The molecule has 0 aliphatic carbocycles. The summed E-state index contributed by atoms with van der Waals surface area (Å²) in [5.41, 5.74) is 12.0. The molecule has 3 heteroatoms. The number of nitrogens with two attached hydrogens (primary N) is 1. The smallest absolute Gasteiger partial charge is 0.0489 e. The molecule has 0 bridgehead atoms. The SMILES string of the molecule is C=C/C(=C\C=C(\C)N)Cn1c2c(c3ccccc31)CN(C)CC2. The number of hydrogen-bond donors (Lipinski definition) is 1. The van der Waals surface area contributed by atoms with Crippen molar-refractivity contribution in [3.63, 3.8) is 0 Å². The normalized spacial score (nSPS) is 16.6. The van der Waals surface area contributed by atoms with Crippen molar-refractivity contribution in [1.29, 1.82) is 0 Å². The van der Waals surface area contributed by atoms with Crippen molar-refractivity contribution in [2.45, 2.75) is 26.4 Å². The second-order valence-electron chi connectivity index (χ2n) is 6.37. The summed E-state index contributed by atoms with van der Waals surface area (Å²) >= 11 is 0. The molecule has 1 aliphatic rings. The van der Waals surface area contributed by atoms with Gasteiger partial charge in [0.2, 0.25) is 0 Å². The Morgan fingerprint density at radius 3 is 2.83 bits per heavy atom. The molecule has 0 radical (unpaired) electrons. The minimum Gasteiger partial charge on any atom is -0.402 e. The summed E-state index contributed by atoms with van der Waals surface area (Å²) in [5, 5.41) is 1.38. The maximum atomic E-state index is 5.76. The minimum absolute atomic E-state index is 0.811. The van der Waals surface area contributed by atoms with Gasteiger partial charge in [0.05, 0.1) is 0 Å². The van der Waals surface area contributed by atoms with Crippen molar-refractivity contribution >= 4 is 10.9 Å². The molecule has 3 nitrogen and oxygen atoms in total. The first-order valence-corrected chi connectivity index (χ1v) is 8.13. The van der Waals surface area contributed by atoms with Crippen LogP contribution in [0.25, 0.3) is 10.9 Å². The molecule has 1 aliphatic heterocycles. The van der Waals surface area contributed by atoms with Crippen molar-refractivity contribution in [2.24, 2.45) is 5.73 Å². The number of para-hydroxylation sites is 1. The molecule has 23 heavy (non-hydrogen) atoms. The molecule has 2 heterocycles. The summed E-state index contributed by atoms with van der Waals surface area (Å²) in [4.78, 5) is 2.39. The van der Waals surface area contributed by atoms with Gasteiger partial charge in [-0.3, -0.25) is 0 Å². The van der Waals surface area contributed by atoms with Crippen LogP contribution in [0.3, 0.4) is 0 Å². The number of nitrogens with zero attached hydrogens (tertiary/aromatic N) is 2. The van der Waals surface area contributed by atoms with E-state index in [9.17, 15) is 0 Å². The molecular formula is C20H25N3. The third-order valence-corrected chi connectivity index (χ3v) is 4.52. The van der Waals surface area contributed by atoms with Crippen molar-refractivity contribution in [2.75, 3.05) is 13.6 Å². The van der Waals surface area contributed by atoms with Gasteiger partial charge in [0.1, 0.15) is 0 Å². The molecule has 2 aromatic rings. The lowest BCUT2D eigenvalue weighted by atomic mass is 10.1. The summed E-state index contributed by atoms with van der Waals surface area (Å²) < 4.78 is 2.45. The van der Waals surface area contributed by atoms with Crippen molar-refractivity contribution in [3.05, 3.63) is 71.6 Å². The molecule has 0 spiro atoms. The molecule has 0 amide bonds. The maximum Gasteiger partial charge on any atom is 0.0489 e. The van der Waals surface area contributed by atoms with Crippen molar-refractivity contribution < 1.29 is 0 Å². The molecule has 0 saturated heterocycles. The zero-order valence-electron chi connectivity index (χ0n) is 14.0. The van der Waals surface area contributed by atoms with Gasteiger partial charge in [0.15, 0.2) is 0 Å². The van der Waals surface area contributed by atoms with E-state index < -0.39 is 0 Å². The topological polar surface area (TPSA) is 34.2 Å². The van der Waals surface area contributed by atoms with Gasteiger partial charge in [0.25, 0.3) is 0 Å². The quantitative estimate of drug-likeness (QED) is 0.876. The average molecular weight is 307 g/mol. The van der Waals surface area contributed by atoms with E-state index in [1.807, 2.05) is 19.1 Å². The Hall–Kier alpha value is -2.26. The number of aromatic nitrogens is 1. The van der Waals surface area contributed by atoms with E-state index in [1.54, 1.807) is 0 Å². The summed E-state index contributed by atoms with van der Waals surface area (Å²) in [6, 6.07) is 8.71. The number of rotatable bonds is 4. The van der Waals surface area contributed by atoms with Gasteiger partial charge in [-0.05, 0) is 37.3 Å². The number of allylic oxidation sites excluding steroid dienone is 5. The van der Waals surface area contributed by atoms with Gasteiger partial charge >= 0.3 is 0 Å². The van der Waals surface area contributed by atoms with E-state index >= 15 is 0 Å². The maximum absolute atomic E-state index is 5.76. The third kappa shape index (κ3) is 3.10. The third-order valence-electron chi connectivity index (χ3n) is 4.52. The van der Waals surface area contributed by atoms with Gasteiger partial charge in [-0.25, -0.2) is 0 Å². The number of benzene rings is 1. The van der Waals surface area contributed by atoms with Crippen LogP contribution in [0.1, 0.15) is 18.2 Å².